The molecule has 1 aromatic rings. The number of hydrogen-bond donors (Lipinski definition) is 3. The summed E-state index contributed by atoms with van der Waals surface area (Å²) in [7, 11) is -4.00. The largest absolute Gasteiger partial charge is 0.382 e. The molecule has 1 fully saturated rings. The number of carbonyl (C=O) groups is 1. The monoisotopic (exact) mass is 351 g/mol. The lowest BCUT2D eigenvalue weighted by Gasteiger charge is -2.15. The molecule has 1 saturated carbocycles. The highest BCUT2D eigenvalue weighted by atomic mass is 32.2. The highest BCUT2D eigenvalue weighted by molar-refractivity contribution is 7.90. The van der Waals surface area contributed by atoms with Gasteiger partial charge in [0, 0.05) is 12.5 Å². The van der Waals surface area contributed by atoms with Crippen LogP contribution in [0.3, 0.4) is 0 Å². The minimum absolute atomic E-state index is 0.0181. The van der Waals surface area contributed by atoms with Crippen LogP contribution in [-0.4, -0.2) is 39.6 Å². The molecule has 7 nitrogen and oxygen atoms in total. The summed E-state index contributed by atoms with van der Waals surface area (Å²) in [5.74, 6) is -0.815. The molecule has 8 heteroatoms. The van der Waals surface area contributed by atoms with E-state index in [0.29, 0.717) is 31.9 Å². The number of rotatable bonds is 0. The average Bonchev–Trinajstić information content (AvgIpc) is 3.21. The Kier molecular flexibility index (Phi) is 4.62. The van der Waals surface area contributed by atoms with E-state index in [1.54, 1.807) is 18.2 Å². The van der Waals surface area contributed by atoms with Crippen molar-refractivity contribution in [1.29, 1.82) is 0 Å². The van der Waals surface area contributed by atoms with Gasteiger partial charge in [-0.3, -0.25) is 4.79 Å². The van der Waals surface area contributed by atoms with Crippen molar-refractivity contribution in [2.45, 2.75) is 23.3 Å². The van der Waals surface area contributed by atoms with Crippen LogP contribution in [0.2, 0.25) is 0 Å². The van der Waals surface area contributed by atoms with Gasteiger partial charge < -0.3 is 15.8 Å². The van der Waals surface area contributed by atoms with E-state index in [0.717, 1.165) is 6.42 Å². The van der Waals surface area contributed by atoms with Crippen LogP contribution in [0.15, 0.2) is 41.3 Å². The summed E-state index contributed by atoms with van der Waals surface area (Å²) in [5, 5.41) is 3.03. The van der Waals surface area contributed by atoms with E-state index in [1.807, 2.05) is 12.2 Å². The van der Waals surface area contributed by atoms with Gasteiger partial charge in [-0.05, 0) is 25.0 Å². The molecule has 0 radical (unpaired) electrons. The zero-order valence-corrected chi connectivity index (χ0v) is 14.0. The molecule has 24 heavy (non-hydrogen) atoms. The number of nitrogens with two attached hydrogens (primary N) is 1. The Hall–Kier alpha value is -1.90. The fourth-order valence-electron chi connectivity index (χ4n) is 2.70. The molecule has 0 spiro atoms. The first-order valence-corrected chi connectivity index (χ1v) is 9.35. The van der Waals surface area contributed by atoms with Gasteiger partial charge in [-0.15, -0.1) is 0 Å². The third-order valence-electron chi connectivity index (χ3n) is 4.24. The molecule has 0 bridgehead atoms. The normalized spacial score (nSPS) is 29.9. The molecule has 1 amide bonds. The van der Waals surface area contributed by atoms with E-state index in [4.69, 9.17) is 10.5 Å². The highest BCUT2D eigenvalue weighted by Crippen LogP contribution is 2.42. The Morgan fingerprint density at radius 1 is 1.25 bits per heavy atom. The van der Waals surface area contributed by atoms with Gasteiger partial charge in [-0.1, -0.05) is 24.3 Å². The molecule has 0 saturated heterocycles. The fraction of sp³-hybridized carbons (Fsp3) is 0.438. The molecule has 2 atom stereocenters. The maximum Gasteiger partial charge on any atom is 0.266 e. The lowest BCUT2D eigenvalue weighted by atomic mass is 10.2. The predicted octanol–water partition coefficient (Wildman–Crippen LogP) is 0.597. The summed E-state index contributed by atoms with van der Waals surface area (Å²) in [5.41, 5.74) is 5.31. The molecular formula is C16H21N3O4S. The summed E-state index contributed by atoms with van der Waals surface area (Å²) >= 11 is 0. The SMILES string of the molecule is N[C@]12C[C@H]1C=CCCOCCNc1ccccc1S(=O)(=O)NC2=O. The van der Waals surface area contributed by atoms with Gasteiger partial charge in [-0.2, -0.15) is 0 Å². The van der Waals surface area contributed by atoms with E-state index < -0.39 is 21.5 Å². The van der Waals surface area contributed by atoms with E-state index >= 15 is 0 Å². The third-order valence-corrected chi connectivity index (χ3v) is 5.63. The molecule has 2 aliphatic rings. The van der Waals surface area contributed by atoms with Crippen LogP contribution in [-0.2, 0) is 19.6 Å². The van der Waals surface area contributed by atoms with Crippen LogP contribution in [0.4, 0.5) is 5.69 Å². The van der Waals surface area contributed by atoms with E-state index in [2.05, 4.69) is 10.0 Å². The molecule has 1 aliphatic heterocycles. The van der Waals surface area contributed by atoms with Gasteiger partial charge in [0.2, 0.25) is 0 Å². The number of fused-ring (bicyclic) bond motifs is 2. The van der Waals surface area contributed by atoms with Crippen LogP contribution in [0.1, 0.15) is 12.8 Å². The zero-order chi connectivity index (χ0) is 17.2. The van der Waals surface area contributed by atoms with E-state index in [-0.39, 0.29) is 10.8 Å². The van der Waals surface area contributed by atoms with Crippen molar-refractivity contribution in [1.82, 2.24) is 4.72 Å². The maximum atomic E-state index is 12.6. The maximum absolute atomic E-state index is 12.6. The molecule has 0 unspecified atom stereocenters. The molecule has 130 valence electrons. The fourth-order valence-corrected chi connectivity index (χ4v) is 3.93. The van der Waals surface area contributed by atoms with Crippen LogP contribution in [0, 0.1) is 5.92 Å². The van der Waals surface area contributed by atoms with Gasteiger partial charge in [0.25, 0.3) is 15.9 Å². The van der Waals surface area contributed by atoms with Crippen molar-refractivity contribution >= 4 is 21.6 Å². The van der Waals surface area contributed by atoms with Crippen molar-refractivity contribution < 1.29 is 17.9 Å². The van der Waals surface area contributed by atoms with Crippen molar-refractivity contribution in [2.24, 2.45) is 11.7 Å². The lowest BCUT2D eigenvalue weighted by molar-refractivity contribution is -0.121. The summed E-state index contributed by atoms with van der Waals surface area (Å²) in [6.07, 6.45) is 4.94. The van der Waals surface area contributed by atoms with Crippen LogP contribution in [0.25, 0.3) is 0 Å². The van der Waals surface area contributed by atoms with Gasteiger partial charge in [0.1, 0.15) is 10.4 Å². The Balaban J connectivity index is 1.89. The van der Waals surface area contributed by atoms with E-state index in [9.17, 15) is 13.2 Å². The van der Waals surface area contributed by atoms with Gasteiger partial charge in [0.05, 0.1) is 18.9 Å². The van der Waals surface area contributed by atoms with Gasteiger partial charge in [-0.25, -0.2) is 13.1 Å². The second-order valence-electron chi connectivity index (χ2n) is 6.04. The Bertz CT molecular complexity index is 762. The van der Waals surface area contributed by atoms with Crippen molar-refractivity contribution in [3.8, 4) is 0 Å². The average molecular weight is 351 g/mol. The number of para-hydroxylation sites is 1. The molecule has 1 heterocycles. The number of carbonyl (C=O) groups excluding carboxylic acids is 1. The standard InChI is InChI=1S/C16H21N3O4S/c17-16-11-12(16)5-3-4-9-23-10-8-18-13-6-1-2-7-14(13)24(21,22)19-15(16)20/h1-3,5-7,12,18H,4,8-11,17H2,(H,19,20)/t12-,16-/m1/s1. The van der Waals surface area contributed by atoms with Crippen LogP contribution in [0.5, 0.6) is 0 Å². The number of anilines is 1. The Morgan fingerprint density at radius 3 is 2.88 bits per heavy atom. The van der Waals surface area contributed by atoms with Gasteiger partial charge >= 0.3 is 0 Å². The number of sulfonamides is 1. The molecular weight excluding hydrogens is 330 g/mol. The molecule has 3 rings (SSSR count). The zero-order valence-electron chi connectivity index (χ0n) is 13.2. The second kappa shape index (κ2) is 6.54. The summed E-state index contributed by atoms with van der Waals surface area (Å²) in [6, 6.07) is 6.43. The van der Waals surface area contributed by atoms with Gasteiger partial charge in [0.15, 0.2) is 0 Å². The van der Waals surface area contributed by atoms with Crippen LogP contribution >= 0.6 is 0 Å². The van der Waals surface area contributed by atoms with E-state index in [1.165, 1.54) is 6.07 Å². The predicted molar refractivity (Wildman–Crippen MR) is 89.9 cm³/mol. The second-order valence-corrected chi connectivity index (χ2v) is 7.69. The molecule has 1 aromatic carbocycles. The first-order chi connectivity index (χ1) is 11.4. The molecule has 4 N–H and O–H groups in total. The topological polar surface area (TPSA) is 111 Å². The van der Waals surface area contributed by atoms with Crippen molar-refractivity contribution in [3.05, 3.63) is 36.4 Å². The lowest BCUT2D eigenvalue weighted by Crippen LogP contribution is -2.46. The minimum atomic E-state index is -4.00. The minimum Gasteiger partial charge on any atom is -0.382 e. The smallest absolute Gasteiger partial charge is 0.266 e. The Morgan fingerprint density at radius 2 is 2.04 bits per heavy atom. The summed E-state index contributed by atoms with van der Waals surface area (Å²) < 4.78 is 32.8. The highest BCUT2D eigenvalue weighted by Gasteiger charge is 2.56. The first kappa shape index (κ1) is 16.9. The quantitative estimate of drug-likeness (QED) is 0.590. The summed E-state index contributed by atoms with van der Waals surface area (Å²) in [4.78, 5) is 12.4. The van der Waals surface area contributed by atoms with Crippen LogP contribution < -0.4 is 15.8 Å². The Labute approximate surface area is 141 Å². The third kappa shape index (κ3) is 3.45. The first-order valence-electron chi connectivity index (χ1n) is 7.87. The molecule has 1 aliphatic carbocycles. The number of hydrogen-bond acceptors (Lipinski definition) is 6. The number of nitrogens with one attached hydrogen (secondary N) is 2. The number of amides is 1. The molecule has 0 aromatic heterocycles. The van der Waals surface area contributed by atoms with Crippen molar-refractivity contribution in [2.75, 3.05) is 25.1 Å². The number of ether oxygens (including phenoxy) is 1. The number of benzene rings is 1. The summed E-state index contributed by atoms with van der Waals surface area (Å²) in [6.45, 7) is 1.49. The van der Waals surface area contributed by atoms with Crippen molar-refractivity contribution in [3.63, 3.8) is 0 Å².